The van der Waals surface area contributed by atoms with Crippen LogP contribution in [0, 0.1) is 11.6 Å². The third-order valence-corrected chi connectivity index (χ3v) is 3.86. The molecule has 0 radical (unpaired) electrons. The minimum absolute atomic E-state index is 0.0518. The van der Waals surface area contributed by atoms with Gasteiger partial charge in [0.05, 0.1) is 0 Å². The zero-order valence-electron chi connectivity index (χ0n) is 15.8. The summed E-state index contributed by atoms with van der Waals surface area (Å²) in [4.78, 5) is 27.6. The molecule has 0 atom stereocenters. The summed E-state index contributed by atoms with van der Waals surface area (Å²) in [5.41, 5.74) is -0.466. The number of carbonyl (C=O) groups is 2. The van der Waals surface area contributed by atoms with Crippen LogP contribution in [0.15, 0.2) is 18.2 Å². The van der Waals surface area contributed by atoms with Crippen molar-refractivity contribution in [1.82, 2.24) is 15.1 Å². The number of nitrogens with zero attached hydrogens (tertiary/aromatic N) is 2. The Bertz CT molecular complexity index is 651. The van der Waals surface area contributed by atoms with Gasteiger partial charge in [-0.1, -0.05) is 0 Å². The SMILES string of the molecule is CC(C)(C)OC(=O)N1CCN(CCNC(=O)Nc2cc(F)cc(F)c2)CC1. The molecule has 1 fully saturated rings. The van der Waals surface area contributed by atoms with E-state index >= 15 is 0 Å². The Morgan fingerprint density at radius 3 is 2.22 bits per heavy atom. The van der Waals surface area contributed by atoms with E-state index in [1.54, 1.807) is 4.90 Å². The predicted octanol–water partition coefficient (Wildman–Crippen LogP) is 2.64. The first-order valence-corrected chi connectivity index (χ1v) is 8.83. The van der Waals surface area contributed by atoms with E-state index in [1.807, 2.05) is 20.8 Å². The van der Waals surface area contributed by atoms with E-state index in [1.165, 1.54) is 0 Å². The Kier molecular flexibility index (Phi) is 6.95. The number of piperazine rings is 1. The lowest BCUT2D eigenvalue weighted by Crippen LogP contribution is -2.51. The van der Waals surface area contributed by atoms with Gasteiger partial charge in [0.2, 0.25) is 0 Å². The fraction of sp³-hybridized carbons (Fsp3) is 0.556. The predicted molar refractivity (Wildman–Crippen MR) is 97.6 cm³/mol. The van der Waals surface area contributed by atoms with Crippen molar-refractivity contribution in [2.75, 3.05) is 44.6 Å². The first-order chi connectivity index (χ1) is 12.6. The topological polar surface area (TPSA) is 73.9 Å². The maximum absolute atomic E-state index is 13.1. The number of nitrogens with one attached hydrogen (secondary N) is 2. The van der Waals surface area contributed by atoms with Gasteiger partial charge in [0.1, 0.15) is 17.2 Å². The lowest BCUT2D eigenvalue weighted by Gasteiger charge is -2.35. The molecule has 150 valence electrons. The molecule has 0 saturated carbocycles. The quantitative estimate of drug-likeness (QED) is 0.837. The second kappa shape index (κ2) is 8.98. The van der Waals surface area contributed by atoms with Gasteiger partial charge in [0, 0.05) is 51.0 Å². The molecule has 1 aromatic rings. The molecule has 0 aliphatic carbocycles. The molecule has 2 N–H and O–H groups in total. The van der Waals surface area contributed by atoms with E-state index in [9.17, 15) is 18.4 Å². The molecule has 2 rings (SSSR count). The van der Waals surface area contributed by atoms with E-state index in [0.29, 0.717) is 39.3 Å². The molecule has 1 aliphatic rings. The third kappa shape index (κ3) is 7.38. The molecule has 9 heteroatoms. The normalized spacial score (nSPS) is 15.4. The summed E-state index contributed by atoms with van der Waals surface area (Å²) in [5, 5.41) is 5.03. The van der Waals surface area contributed by atoms with Crippen molar-refractivity contribution in [3.63, 3.8) is 0 Å². The van der Waals surface area contributed by atoms with Crippen molar-refractivity contribution >= 4 is 17.8 Å². The van der Waals surface area contributed by atoms with Crippen molar-refractivity contribution in [2.45, 2.75) is 26.4 Å². The Balaban J connectivity index is 1.66. The van der Waals surface area contributed by atoms with Crippen molar-refractivity contribution in [3.8, 4) is 0 Å². The summed E-state index contributed by atoms with van der Waals surface area (Å²) < 4.78 is 31.5. The summed E-state index contributed by atoms with van der Waals surface area (Å²) in [6.45, 7) is 8.94. The molecule has 0 spiro atoms. The third-order valence-electron chi connectivity index (χ3n) is 3.86. The van der Waals surface area contributed by atoms with Gasteiger partial charge in [-0.2, -0.15) is 0 Å². The minimum atomic E-state index is -0.756. The number of hydrogen-bond acceptors (Lipinski definition) is 4. The highest BCUT2D eigenvalue weighted by Crippen LogP contribution is 2.13. The van der Waals surface area contributed by atoms with E-state index in [0.717, 1.165) is 18.2 Å². The van der Waals surface area contributed by atoms with Gasteiger partial charge in [-0.15, -0.1) is 0 Å². The van der Waals surface area contributed by atoms with Crippen LogP contribution in [0.25, 0.3) is 0 Å². The van der Waals surface area contributed by atoms with Crippen LogP contribution in [0.5, 0.6) is 0 Å². The fourth-order valence-electron chi connectivity index (χ4n) is 2.61. The average molecular weight is 384 g/mol. The number of anilines is 1. The zero-order valence-corrected chi connectivity index (χ0v) is 15.8. The lowest BCUT2D eigenvalue weighted by molar-refractivity contribution is 0.0147. The summed E-state index contributed by atoms with van der Waals surface area (Å²) >= 11 is 0. The van der Waals surface area contributed by atoms with Crippen molar-refractivity contribution in [1.29, 1.82) is 0 Å². The van der Waals surface area contributed by atoms with Crippen LogP contribution in [0.2, 0.25) is 0 Å². The number of hydrogen-bond donors (Lipinski definition) is 2. The Morgan fingerprint density at radius 2 is 1.67 bits per heavy atom. The number of carbonyl (C=O) groups excluding carboxylic acids is 2. The van der Waals surface area contributed by atoms with E-state index in [2.05, 4.69) is 15.5 Å². The fourth-order valence-corrected chi connectivity index (χ4v) is 2.61. The molecule has 1 aromatic carbocycles. The molecule has 1 aliphatic heterocycles. The molecule has 0 aromatic heterocycles. The number of rotatable bonds is 4. The van der Waals surface area contributed by atoms with E-state index < -0.39 is 23.3 Å². The van der Waals surface area contributed by atoms with Gasteiger partial charge in [-0.25, -0.2) is 18.4 Å². The molecular formula is C18H26F2N4O3. The summed E-state index contributed by atoms with van der Waals surface area (Å²) in [6, 6.07) is 2.28. The Morgan fingerprint density at radius 1 is 1.07 bits per heavy atom. The first kappa shape index (κ1) is 20.9. The number of urea groups is 1. The first-order valence-electron chi connectivity index (χ1n) is 8.83. The molecule has 27 heavy (non-hydrogen) atoms. The van der Waals surface area contributed by atoms with Crippen LogP contribution in [0.4, 0.5) is 24.1 Å². The average Bonchev–Trinajstić information content (AvgIpc) is 2.52. The highest BCUT2D eigenvalue weighted by atomic mass is 19.1. The van der Waals surface area contributed by atoms with Crippen LogP contribution < -0.4 is 10.6 Å². The van der Waals surface area contributed by atoms with Gasteiger partial charge in [0.25, 0.3) is 0 Å². The number of amides is 3. The van der Waals surface area contributed by atoms with E-state index in [4.69, 9.17) is 4.74 Å². The van der Waals surface area contributed by atoms with Gasteiger partial charge >= 0.3 is 12.1 Å². The number of halogens is 2. The molecule has 1 saturated heterocycles. The summed E-state index contributed by atoms with van der Waals surface area (Å²) in [5.74, 6) is -1.51. The van der Waals surface area contributed by atoms with Gasteiger partial charge in [-0.05, 0) is 32.9 Å². The summed E-state index contributed by atoms with van der Waals surface area (Å²) in [7, 11) is 0. The molecular weight excluding hydrogens is 358 g/mol. The van der Waals surface area contributed by atoms with Gasteiger partial charge in [-0.3, -0.25) is 4.90 Å². The second-order valence-electron chi connectivity index (χ2n) is 7.35. The van der Waals surface area contributed by atoms with Crippen molar-refractivity contribution in [3.05, 3.63) is 29.8 Å². The Hall–Kier alpha value is -2.42. The monoisotopic (exact) mass is 384 g/mol. The second-order valence-corrected chi connectivity index (χ2v) is 7.35. The minimum Gasteiger partial charge on any atom is -0.444 e. The van der Waals surface area contributed by atoms with Crippen molar-refractivity contribution in [2.24, 2.45) is 0 Å². The van der Waals surface area contributed by atoms with Crippen molar-refractivity contribution < 1.29 is 23.1 Å². The van der Waals surface area contributed by atoms with Gasteiger partial charge < -0.3 is 20.3 Å². The van der Waals surface area contributed by atoms with Crippen LogP contribution in [0.3, 0.4) is 0 Å². The smallest absolute Gasteiger partial charge is 0.410 e. The van der Waals surface area contributed by atoms with Crippen LogP contribution in [-0.2, 0) is 4.74 Å². The molecule has 0 unspecified atom stereocenters. The van der Waals surface area contributed by atoms with Crippen LogP contribution in [-0.4, -0.2) is 66.8 Å². The molecule has 3 amide bonds. The lowest BCUT2D eigenvalue weighted by atomic mass is 10.2. The standard InChI is InChI=1S/C18H26F2N4O3/c1-18(2,3)27-17(26)24-8-6-23(7-9-24)5-4-21-16(25)22-15-11-13(19)10-14(20)12-15/h10-12H,4-9H2,1-3H3,(H2,21,22,25). The number of benzene rings is 1. The highest BCUT2D eigenvalue weighted by molar-refractivity contribution is 5.89. The largest absolute Gasteiger partial charge is 0.444 e. The number of ether oxygens (including phenoxy) is 1. The highest BCUT2D eigenvalue weighted by Gasteiger charge is 2.25. The molecule has 0 bridgehead atoms. The van der Waals surface area contributed by atoms with Crippen LogP contribution in [0.1, 0.15) is 20.8 Å². The zero-order chi connectivity index (χ0) is 20.0. The van der Waals surface area contributed by atoms with E-state index in [-0.39, 0.29) is 11.8 Å². The van der Waals surface area contributed by atoms with Gasteiger partial charge in [0.15, 0.2) is 0 Å². The molecule has 7 nitrogen and oxygen atoms in total. The maximum atomic E-state index is 13.1. The van der Waals surface area contributed by atoms with Crippen LogP contribution >= 0.6 is 0 Å². The Labute approximate surface area is 157 Å². The molecule has 1 heterocycles. The summed E-state index contributed by atoms with van der Waals surface area (Å²) in [6.07, 6.45) is -0.318. The maximum Gasteiger partial charge on any atom is 0.410 e.